The summed E-state index contributed by atoms with van der Waals surface area (Å²) in [5.74, 6) is 4.01. The van der Waals surface area contributed by atoms with E-state index >= 15 is 0 Å². The van der Waals surface area contributed by atoms with Gasteiger partial charge in [-0.25, -0.2) is 4.99 Å². The maximum Gasteiger partial charge on any atom is 0.292 e. The molecule has 5 aliphatic rings. The molecule has 0 amide bonds. The lowest BCUT2D eigenvalue weighted by Gasteiger charge is -2.57. The number of nitrogens with zero attached hydrogens (tertiary/aromatic N) is 2. The Bertz CT molecular complexity index is 684. The van der Waals surface area contributed by atoms with Gasteiger partial charge in [0.1, 0.15) is 5.75 Å². The van der Waals surface area contributed by atoms with Crippen molar-refractivity contribution in [2.45, 2.75) is 57.4 Å². The van der Waals surface area contributed by atoms with Crippen LogP contribution in [-0.2, 0) is 12.0 Å². The number of hydrogen-bond acceptors (Lipinski definition) is 3. The van der Waals surface area contributed by atoms with Gasteiger partial charge in [-0.3, -0.25) is 0 Å². The van der Waals surface area contributed by atoms with Crippen molar-refractivity contribution in [3.05, 3.63) is 28.8 Å². The van der Waals surface area contributed by atoms with E-state index in [1.54, 1.807) is 0 Å². The van der Waals surface area contributed by atoms with Crippen molar-refractivity contribution in [2.24, 2.45) is 22.7 Å². The maximum atomic E-state index is 6.34. The van der Waals surface area contributed by atoms with Crippen LogP contribution in [0.2, 0.25) is 0 Å². The molecule has 3 nitrogen and oxygen atoms in total. The number of amidine groups is 1. The molecule has 0 radical (unpaired) electrons. The monoisotopic (exact) mass is 324 g/mol. The molecule has 128 valence electrons. The predicted molar refractivity (Wildman–Crippen MR) is 96.5 cm³/mol. The van der Waals surface area contributed by atoms with E-state index in [2.05, 4.69) is 24.0 Å². The zero-order valence-corrected chi connectivity index (χ0v) is 15.1. The molecule has 1 aliphatic heterocycles. The van der Waals surface area contributed by atoms with Gasteiger partial charge in [-0.2, -0.15) is 0 Å². The summed E-state index contributed by atoms with van der Waals surface area (Å²) < 4.78 is 6.34. The molecule has 0 N–H and O–H groups in total. The number of ether oxygens (including phenoxy) is 1. The van der Waals surface area contributed by atoms with Gasteiger partial charge in [0, 0.05) is 25.2 Å². The molecule has 3 heteroatoms. The first-order valence-corrected chi connectivity index (χ1v) is 9.56. The molecular weight excluding hydrogens is 296 g/mol. The Labute approximate surface area is 145 Å². The Morgan fingerprint density at radius 3 is 2.25 bits per heavy atom. The lowest BCUT2D eigenvalue weighted by Crippen LogP contribution is -2.49. The molecule has 24 heavy (non-hydrogen) atoms. The minimum atomic E-state index is 0.375. The van der Waals surface area contributed by atoms with Crippen LogP contribution in [0.1, 0.15) is 55.2 Å². The SMILES string of the molecule is Cc1cc2c(c(C34CC5CC(CC(C5)C3)C4)c1)OC(N(C)C)=NC2. The van der Waals surface area contributed by atoms with E-state index in [4.69, 9.17) is 4.74 Å². The first-order valence-electron chi connectivity index (χ1n) is 9.56. The van der Waals surface area contributed by atoms with Crippen LogP contribution < -0.4 is 4.74 Å². The molecular formula is C21H28N2O. The maximum absolute atomic E-state index is 6.34. The van der Waals surface area contributed by atoms with Crippen molar-refractivity contribution in [3.63, 3.8) is 0 Å². The number of fused-ring (bicyclic) bond motifs is 1. The summed E-state index contributed by atoms with van der Waals surface area (Å²) in [7, 11) is 4.03. The third-order valence-electron chi connectivity index (χ3n) is 6.88. The average Bonchev–Trinajstić information content (AvgIpc) is 2.52. The smallest absolute Gasteiger partial charge is 0.292 e. The summed E-state index contributed by atoms with van der Waals surface area (Å²) in [5.41, 5.74) is 4.53. The normalized spacial score (nSPS) is 36.1. The van der Waals surface area contributed by atoms with E-state index in [9.17, 15) is 0 Å². The second-order valence-corrected chi connectivity index (χ2v) is 9.09. The molecule has 0 atom stereocenters. The van der Waals surface area contributed by atoms with Crippen molar-refractivity contribution in [3.8, 4) is 5.75 Å². The summed E-state index contributed by atoms with van der Waals surface area (Å²) in [6, 6.07) is 5.47. The molecule has 1 aromatic rings. The van der Waals surface area contributed by atoms with Gasteiger partial charge < -0.3 is 9.64 Å². The molecule has 4 fully saturated rings. The number of rotatable bonds is 1. The van der Waals surface area contributed by atoms with Crippen LogP contribution in [0.4, 0.5) is 0 Å². The van der Waals surface area contributed by atoms with Gasteiger partial charge in [-0.15, -0.1) is 0 Å². The predicted octanol–water partition coefficient (Wildman–Crippen LogP) is 4.27. The Kier molecular flexibility index (Phi) is 3.08. The standard InChI is InChI=1S/C21H28N2O/c1-13-4-17-12-22-20(23(2)3)24-19(17)18(5-13)21-9-14-6-15(10-21)8-16(7-14)11-21/h4-5,14-16H,6-12H2,1-3H3. The van der Waals surface area contributed by atoms with Gasteiger partial charge in [0.05, 0.1) is 6.54 Å². The topological polar surface area (TPSA) is 24.8 Å². The second kappa shape index (κ2) is 5.00. The molecule has 0 spiro atoms. The fourth-order valence-corrected chi connectivity index (χ4v) is 6.43. The quantitative estimate of drug-likeness (QED) is 0.770. The highest BCUT2D eigenvalue weighted by Gasteiger charge is 2.52. The first kappa shape index (κ1) is 14.8. The lowest BCUT2D eigenvalue weighted by atomic mass is 9.48. The summed E-state index contributed by atoms with van der Waals surface area (Å²) >= 11 is 0. The van der Waals surface area contributed by atoms with E-state index in [-0.39, 0.29) is 0 Å². The third kappa shape index (κ3) is 2.13. The van der Waals surface area contributed by atoms with Crippen molar-refractivity contribution >= 4 is 6.02 Å². The number of benzene rings is 1. The van der Waals surface area contributed by atoms with Crippen molar-refractivity contribution in [1.29, 1.82) is 0 Å². The molecule has 4 aliphatic carbocycles. The number of aryl methyl sites for hydroxylation is 1. The van der Waals surface area contributed by atoms with Crippen molar-refractivity contribution in [2.75, 3.05) is 14.1 Å². The third-order valence-corrected chi connectivity index (χ3v) is 6.88. The van der Waals surface area contributed by atoms with Crippen LogP contribution in [0.25, 0.3) is 0 Å². The number of aliphatic imine (C=N–C) groups is 1. The average molecular weight is 324 g/mol. The first-order chi connectivity index (χ1) is 11.5. The van der Waals surface area contributed by atoms with E-state index in [0.29, 0.717) is 5.41 Å². The summed E-state index contributed by atoms with van der Waals surface area (Å²) in [5, 5.41) is 0. The highest BCUT2D eigenvalue weighted by atomic mass is 16.5. The second-order valence-electron chi connectivity index (χ2n) is 9.09. The van der Waals surface area contributed by atoms with Crippen LogP contribution in [0, 0.1) is 24.7 Å². The zero-order chi connectivity index (χ0) is 16.5. The lowest BCUT2D eigenvalue weighted by molar-refractivity contribution is -0.00602. The molecule has 1 aromatic carbocycles. The van der Waals surface area contributed by atoms with Gasteiger partial charge >= 0.3 is 0 Å². The van der Waals surface area contributed by atoms with Crippen LogP contribution in [-0.4, -0.2) is 25.0 Å². The van der Waals surface area contributed by atoms with Gasteiger partial charge in [0.15, 0.2) is 0 Å². The molecule has 4 saturated carbocycles. The fraction of sp³-hybridized carbons (Fsp3) is 0.667. The van der Waals surface area contributed by atoms with Gasteiger partial charge in [0.2, 0.25) is 0 Å². The van der Waals surface area contributed by atoms with E-state index in [1.165, 1.54) is 55.2 Å². The van der Waals surface area contributed by atoms with E-state index in [1.807, 2.05) is 19.0 Å². The van der Waals surface area contributed by atoms with Crippen LogP contribution >= 0.6 is 0 Å². The largest absolute Gasteiger partial charge is 0.425 e. The van der Waals surface area contributed by atoms with Crippen LogP contribution in [0.15, 0.2) is 17.1 Å². The van der Waals surface area contributed by atoms with Crippen LogP contribution in [0.5, 0.6) is 5.75 Å². The zero-order valence-electron chi connectivity index (χ0n) is 15.1. The summed E-state index contributed by atoms with van der Waals surface area (Å²) in [6.07, 6.45) is 8.60. The molecule has 0 saturated heterocycles. The molecule has 1 heterocycles. The number of hydrogen-bond donors (Lipinski definition) is 0. The Morgan fingerprint density at radius 1 is 1.04 bits per heavy atom. The van der Waals surface area contributed by atoms with Crippen molar-refractivity contribution < 1.29 is 4.74 Å². The Morgan fingerprint density at radius 2 is 1.67 bits per heavy atom. The molecule has 6 rings (SSSR count). The Balaban J connectivity index is 1.61. The van der Waals surface area contributed by atoms with Gasteiger partial charge in [-0.1, -0.05) is 17.7 Å². The molecule has 4 bridgehead atoms. The minimum absolute atomic E-state index is 0.375. The summed E-state index contributed by atoms with van der Waals surface area (Å²) in [6.45, 7) is 2.99. The van der Waals surface area contributed by atoms with Gasteiger partial charge in [0.25, 0.3) is 6.02 Å². The summed E-state index contributed by atoms with van der Waals surface area (Å²) in [4.78, 5) is 6.61. The van der Waals surface area contributed by atoms with Crippen LogP contribution in [0.3, 0.4) is 0 Å². The highest BCUT2D eigenvalue weighted by Crippen LogP contribution is 2.62. The minimum Gasteiger partial charge on any atom is -0.425 e. The Hall–Kier alpha value is -1.51. The fourth-order valence-electron chi connectivity index (χ4n) is 6.43. The molecule has 0 unspecified atom stereocenters. The van der Waals surface area contributed by atoms with Crippen molar-refractivity contribution in [1.82, 2.24) is 4.90 Å². The van der Waals surface area contributed by atoms with E-state index in [0.717, 1.165) is 36.1 Å². The van der Waals surface area contributed by atoms with E-state index < -0.39 is 0 Å². The van der Waals surface area contributed by atoms with Gasteiger partial charge in [-0.05, 0) is 68.6 Å². The molecule has 0 aromatic heterocycles. The highest BCUT2D eigenvalue weighted by molar-refractivity contribution is 5.78.